The Morgan fingerprint density at radius 1 is 1.35 bits per heavy atom. The number of hydrogen-bond acceptors (Lipinski definition) is 2. The van der Waals surface area contributed by atoms with Gasteiger partial charge >= 0.3 is 0 Å². The van der Waals surface area contributed by atoms with Crippen LogP contribution in [-0.4, -0.2) is 6.54 Å². The largest absolute Gasteiger partial charge is 0.472 e. The quantitative estimate of drug-likeness (QED) is 0.875. The molecule has 90 valence electrons. The molecule has 0 amide bonds. The lowest BCUT2D eigenvalue weighted by Crippen LogP contribution is -2.22. The van der Waals surface area contributed by atoms with E-state index in [0.29, 0.717) is 11.1 Å². The lowest BCUT2D eigenvalue weighted by molar-refractivity contribution is 0.536. The van der Waals surface area contributed by atoms with Crippen LogP contribution in [0.3, 0.4) is 0 Å². The molecular weight excluding hydrogens is 217 g/mol. The first-order chi connectivity index (χ1) is 8.24. The van der Waals surface area contributed by atoms with E-state index in [-0.39, 0.29) is 11.9 Å². The van der Waals surface area contributed by atoms with Gasteiger partial charge in [0.2, 0.25) is 0 Å². The van der Waals surface area contributed by atoms with Gasteiger partial charge in [-0.15, -0.1) is 0 Å². The first kappa shape index (κ1) is 11.9. The molecule has 0 spiro atoms. The van der Waals surface area contributed by atoms with Crippen LogP contribution >= 0.6 is 0 Å². The molecule has 0 saturated heterocycles. The molecule has 1 unspecified atom stereocenters. The summed E-state index contributed by atoms with van der Waals surface area (Å²) in [5, 5.41) is 3.27. The Hall–Kier alpha value is -1.61. The summed E-state index contributed by atoms with van der Waals surface area (Å²) in [5.41, 5.74) is 2.26. The van der Waals surface area contributed by atoms with Crippen LogP contribution in [0.25, 0.3) is 0 Å². The maximum Gasteiger partial charge on any atom is 0.131 e. The lowest BCUT2D eigenvalue weighted by atomic mass is 9.98. The van der Waals surface area contributed by atoms with Gasteiger partial charge in [0.05, 0.1) is 18.6 Å². The van der Waals surface area contributed by atoms with E-state index in [4.69, 9.17) is 4.42 Å². The highest BCUT2D eigenvalue weighted by molar-refractivity contribution is 5.33. The number of nitrogens with one attached hydrogen (secondary N) is 1. The van der Waals surface area contributed by atoms with Crippen LogP contribution in [-0.2, 0) is 0 Å². The molecule has 0 radical (unpaired) electrons. The summed E-state index contributed by atoms with van der Waals surface area (Å²) < 4.78 is 19.2. The summed E-state index contributed by atoms with van der Waals surface area (Å²) in [4.78, 5) is 0. The third kappa shape index (κ3) is 2.39. The molecule has 0 aliphatic heterocycles. The predicted molar refractivity (Wildman–Crippen MR) is 65.4 cm³/mol. The fourth-order valence-electron chi connectivity index (χ4n) is 1.94. The van der Waals surface area contributed by atoms with Gasteiger partial charge < -0.3 is 9.73 Å². The summed E-state index contributed by atoms with van der Waals surface area (Å²) in [7, 11) is 0. The normalized spacial score (nSPS) is 12.6. The highest BCUT2D eigenvalue weighted by Gasteiger charge is 2.18. The molecule has 1 heterocycles. The van der Waals surface area contributed by atoms with E-state index in [0.717, 1.165) is 12.1 Å². The summed E-state index contributed by atoms with van der Waals surface area (Å²) >= 11 is 0. The summed E-state index contributed by atoms with van der Waals surface area (Å²) in [6.45, 7) is 4.54. The number of furan rings is 1. The number of rotatable bonds is 4. The van der Waals surface area contributed by atoms with Crippen molar-refractivity contribution in [2.75, 3.05) is 6.54 Å². The second-order valence-corrected chi connectivity index (χ2v) is 4.03. The molecule has 1 aromatic carbocycles. The van der Waals surface area contributed by atoms with Crippen molar-refractivity contribution in [3.8, 4) is 0 Å². The molecule has 1 aromatic heterocycles. The molecule has 2 nitrogen and oxygen atoms in total. The Morgan fingerprint density at radius 3 is 2.82 bits per heavy atom. The molecule has 2 aromatic rings. The number of halogens is 1. The van der Waals surface area contributed by atoms with Gasteiger partial charge in [-0.05, 0) is 25.1 Å². The first-order valence-corrected chi connectivity index (χ1v) is 5.74. The number of benzene rings is 1. The second kappa shape index (κ2) is 5.15. The van der Waals surface area contributed by atoms with E-state index in [9.17, 15) is 4.39 Å². The van der Waals surface area contributed by atoms with Gasteiger partial charge in [0.25, 0.3) is 0 Å². The van der Waals surface area contributed by atoms with Crippen molar-refractivity contribution in [3.05, 3.63) is 59.3 Å². The molecule has 0 fully saturated rings. The SMILES string of the molecule is CCNC(c1ccoc1)c1cccc(C)c1F. The van der Waals surface area contributed by atoms with Crippen molar-refractivity contribution < 1.29 is 8.81 Å². The van der Waals surface area contributed by atoms with Crippen molar-refractivity contribution in [1.82, 2.24) is 5.32 Å². The van der Waals surface area contributed by atoms with Crippen LogP contribution in [0.15, 0.2) is 41.2 Å². The molecule has 0 bridgehead atoms. The Labute approximate surface area is 100 Å². The fourth-order valence-corrected chi connectivity index (χ4v) is 1.94. The van der Waals surface area contributed by atoms with E-state index in [1.54, 1.807) is 25.5 Å². The Kier molecular flexibility index (Phi) is 3.59. The summed E-state index contributed by atoms with van der Waals surface area (Å²) in [6.07, 6.45) is 3.25. The molecule has 1 N–H and O–H groups in total. The highest BCUT2D eigenvalue weighted by atomic mass is 19.1. The van der Waals surface area contributed by atoms with Gasteiger partial charge in [0.15, 0.2) is 0 Å². The molecule has 0 saturated carbocycles. The van der Waals surface area contributed by atoms with Crippen LogP contribution < -0.4 is 5.32 Å². The van der Waals surface area contributed by atoms with E-state index < -0.39 is 0 Å². The van der Waals surface area contributed by atoms with E-state index in [1.165, 1.54) is 0 Å². The van der Waals surface area contributed by atoms with Crippen molar-refractivity contribution in [2.45, 2.75) is 19.9 Å². The Balaban J connectivity index is 2.43. The maximum atomic E-state index is 14.1. The van der Waals surface area contributed by atoms with Crippen LogP contribution in [0.1, 0.15) is 29.7 Å². The summed E-state index contributed by atoms with van der Waals surface area (Å²) in [5.74, 6) is -0.153. The Bertz CT molecular complexity index is 479. The van der Waals surface area contributed by atoms with E-state index in [1.807, 2.05) is 25.1 Å². The molecule has 0 aliphatic rings. The lowest BCUT2D eigenvalue weighted by Gasteiger charge is -2.18. The predicted octanol–water partition coefficient (Wildman–Crippen LogP) is 3.43. The van der Waals surface area contributed by atoms with Crippen LogP contribution in [0.4, 0.5) is 4.39 Å². The minimum Gasteiger partial charge on any atom is -0.472 e. The molecule has 1 atom stereocenters. The molecule has 0 aliphatic carbocycles. The van der Waals surface area contributed by atoms with Crippen LogP contribution in [0, 0.1) is 12.7 Å². The number of hydrogen-bond donors (Lipinski definition) is 1. The average Bonchev–Trinajstić information content (AvgIpc) is 2.84. The average molecular weight is 233 g/mol. The zero-order valence-corrected chi connectivity index (χ0v) is 10.0. The topological polar surface area (TPSA) is 25.2 Å². The van der Waals surface area contributed by atoms with Gasteiger partial charge in [0.1, 0.15) is 5.82 Å². The van der Waals surface area contributed by atoms with Crippen molar-refractivity contribution >= 4 is 0 Å². The highest BCUT2D eigenvalue weighted by Crippen LogP contribution is 2.26. The van der Waals surface area contributed by atoms with Gasteiger partial charge in [0, 0.05) is 11.1 Å². The number of aryl methyl sites for hydroxylation is 1. The zero-order valence-electron chi connectivity index (χ0n) is 10.0. The van der Waals surface area contributed by atoms with Crippen LogP contribution in [0.5, 0.6) is 0 Å². The molecular formula is C14H16FNO. The molecule has 17 heavy (non-hydrogen) atoms. The van der Waals surface area contributed by atoms with Gasteiger partial charge in [-0.25, -0.2) is 4.39 Å². The third-order valence-corrected chi connectivity index (χ3v) is 2.82. The zero-order chi connectivity index (χ0) is 12.3. The van der Waals surface area contributed by atoms with Crippen molar-refractivity contribution in [2.24, 2.45) is 0 Å². The van der Waals surface area contributed by atoms with Gasteiger partial charge in [-0.3, -0.25) is 0 Å². The molecule has 3 heteroatoms. The Morgan fingerprint density at radius 2 is 2.18 bits per heavy atom. The fraction of sp³-hybridized carbons (Fsp3) is 0.286. The second-order valence-electron chi connectivity index (χ2n) is 4.03. The molecule has 2 rings (SSSR count). The minimum atomic E-state index is -0.154. The van der Waals surface area contributed by atoms with Crippen molar-refractivity contribution in [3.63, 3.8) is 0 Å². The summed E-state index contributed by atoms with van der Waals surface area (Å²) in [6, 6.07) is 7.16. The monoisotopic (exact) mass is 233 g/mol. The van der Waals surface area contributed by atoms with Crippen LogP contribution in [0.2, 0.25) is 0 Å². The van der Waals surface area contributed by atoms with E-state index >= 15 is 0 Å². The van der Waals surface area contributed by atoms with Gasteiger partial charge in [-0.2, -0.15) is 0 Å². The minimum absolute atomic E-state index is 0.153. The third-order valence-electron chi connectivity index (χ3n) is 2.82. The van der Waals surface area contributed by atoms with E-state index in [2.05, 4.69) is 5.32 Å². The smallest absolute Gasteiger partial charge is 0.131 e. The maximum absolute atomic E-state index is 14.1. The van der Waals surface area contributed by atoms with Gasteiger partial charge in [-0.1, -0.05) is 25.1 Å². The van der Waals surface area contributed by atoms with Crippen molar-refractivity contribution in [1.29, 1.82) is 0 Å². The standard InChI is InChI=1S/C14H16FNO/c1-3-16-14(11-7-8-17-9-11)12-6-4-5-10(2)13(12)15/h4-9,14,16H,3H2,1-2H3. The first-order valence-electron chi connectivity index (χ1n) is 5.74.